The van der Waals surface area contributed by atoms with Crippen molar-refractivity contribution < 1.29 is 4.39 Å². The first-order valence-corrected chi connectivity index (χ1v) is 8.24. The van der Waals surface area contributed by atoms with Crippen LogP contribution in [-0.2, 0) is 6.42 Å². The summed E-state index contributed by atoms with van der Waals surface area (Å²) in [5, 5.41) is 4.63. The number of thiazole rings is 1. The molecule has 0 aliphatic carbocycles. The molecule has 0 amide bonds. The first-order valence-electron chi connectivity index (χ1n) is 7.43. The van der Waals surface area contributed by atoms with E-state index in [4.69, 9.17) is 0 Å². The smallest absolute Gasteiger partial charge is 0.123 e. The van der Waals surface area contributed by atoms with Gasteiger partial charge in [-0.25, -0.2) is 9.37 Å². The molecule has 2 rings (SSSR count). The van der Waals surface area contributed by atoms with E-state index in [1.54, 1.807) is 23.5 Å². The fourth-order valence-corrected chi connectivity index (χ4v) is 3.37. The van der Waals surface area contributed by atoms with Gasteiger partial charge in [0.2, 0.25) is 0 Å². The molecule has 0 aliphatic rings. The summed E-state index contributed by atoms with van der Waals surface area (Å²) in [6.45, 7) is 9.12. The second kappa shape index (κ2) is 7.14. The van der Waals surface area contributed by atoms with Gasteiger partial charge in [-0.2, -0.15) is 0 Å². The average Bonchev–Trinajstić information content (AvgIpc) is 2.72. The van der Waals surface area contributed by atoms with Crippen molar-refractivity contribution in [2.24, 2.45) is 0 Å². The molecule has 1 atom stereocenters. The van der Waals surface area contributed by atoms with Gasteiger partial charge in [0.25, 0.3) is 0 Å². The maximum absolute atomic E-state index is 13.7. The summed E-state index contributed by atoms with van der Waals surface area (Å²) in [4.78, 5) is 5.87. The number of hydrogen-bond donors (Lipinski definition) is 1. The van der Waals surface area contributed by atoms with Gasteiger partial charge >= 0.3 is 0 Å². The fraction of sp³-hybridized carbons (Fsp3) is 0.471. The third kappa shape index (κ3) is 4.35. The van der Waals surface area contributed by atoms with Crippen LogP contribution < -0.4 is 5.32 Å². The van der Waals surface area contributed by atoms with Crippen molar-refractivity contribution in [3.05, 3.63) is 50.7 Å². The molecule has 1 aromatic heterocycles. The molecule has 0 radical (unpaired) electrons. The molecule has 4 heteroatoms. The minimum Gasteiger partial charge on any atom is -0.310 e. The highest BCUT2D eigenvalue weighted by Gasteiger charge is 2.15. The first-order chi connectivity index (χ1) is 9.99. The van der Waals surface area contributed by atoms with Crippen molar-refractivity contribution in [1.29, 1.82) is 0 Å². The standard InChI is InChI=1S/C17H23FN2S/c1-5-6-19-16(10-17-20-12(3)13(4)21-17)14-7-11(2)8-15(18)9-14/h7-9,16,19H,5-6,10H2,1-4H3. The summed E-state index contributed by atoms with van der Waals surface area (Å²) in [7, 11) is 0. The molecule has 0 bridgehead atoms. The minimum absolute atomic E-state index is 0.115. The Bertz CT molecular complexity index is 567. The zero-order valence-electron chi connectivity index (χ0n) is 13.2. The van der Waals surface area contributed by atoms with E-state index < -0.39 is 0 Å². The van der Waals surface area contributed by atoms with Crippen molar-refractivity contribution in [3.8, 4) is 0 Å². The van der Waals surface area contributed by atoms with Crippen LogP contribution >= 0.6 is 11.3 Å². The number of aryl methyl sites for hydroxylation is 3. The number of aromatic nitrogens is 1. The third-order valence-electron chi connectivity index (χ3n) is 3.56. The molecule has 1 heterocycles. The molecule has 2 aromatic rings. The molecule has 21 heavy (non-hydrogen) atoms. The van der Waals surface area contributed by atoms with Crippen LogP contribution in [0, 0.1) is 26.6 Å². The second-order valence-electron chi connectivity index (χ2n) is 5.52. The quantitative estimate of drug-likeness (QED) is 0.850. The van der Waals surface area contributed by atoms with Crippen LogP contribution in [0.25, 0.3) is 0 Å². The van der Waals surface area contributed by atoms with Crippen LogP contribution in [0.4, 0.5) is 4.39 Å². The van der Waals surface area contributed by atoms with Gasteiger partial charge < -0.3 is 5.32 Å². The van der Waals surface area contributed by atoms with Gasteiger partial charge in [-0.05, 0) is 57.0 Å². The maximum atomic E-state index is 13.7. The number of halogens is 1. The zero-order valence-corrected chi connectivity index (χ0v) is 14.0. The Hall–Kier alpha value is -1.26. The van der Waals surface area contributed by atoms with Crippen LogP contribution in [0.1, 0.15) is 46.1 Å². The van der Waals surface area contributed by atoms with E-state index in [0.29, 0.717) is 0 Å². The lowest BCUT2D eigenvalue weighted by atomic mass is 10.0. The zero-order chi connectivity index (χ0) is 15.4. The van der Waals surface area contributed by atoms with Gasteiger partial charge in [-0.15, -0.1) is 11.3 Å². The van der Waals surface area contributed by atoms with E-state index in [9.17, 15) is 4.39 Å². The predicted molar refractivity (Wildman–Crippen MR) is 87.5 cm³/mol. The molecular formula is C17H23FN2S. The number of nitrogens with one attached hydrogen (secondary N) is 1. The summed E-state index contributed by atoms with van der Waals surface area (Å²) in [5.74, 6) is -0.167. The van der Waals surface area contributed by atoms with Gasteiger partial charge in [-0.1, -0.05) is 13.0 Å². The van der Waals surface area contributed by atoms with Gasteiger partial charge in [0, 0.05) is 17.3 Å². The minimum atomic E-state index is -0.167. The van der Waals surface area contributed by atoms with E-state index in [1.165, 1.54) is 4.88 Å². The first kappa shape index (κ1) is 16.1. The normalized spacial score (nSPS) is 12.6. The largest absolute Gasteiger partial charge is 0.310 e. The topological polar surface area (TPSA) is 24.9 Å². The highest BCUT2D eigenvalue weighted by atomic mass is 32.1. The van der Waals surface area contributed by atoms with Crippen LogP contribution in [0.3, 0.4) is 0 Å². The summed E-state index contributed by atoms with van der Waals surface area (Å²) in [5.41, 5.74) is 3.06. The maximum Gasteiger partial charge on any atom is 0.123 e. The molecule has 114 valence electrons. The molecular weight excluding hydrogens is 283 g/mol. The van der Waals surface area contributed by atoms with E-state index in [2.05, 4.69) is 30.2 Å². The highest BCUT2D eigenvalue weighted by Crippen LogP contribution is 2.25. The Morgan fingerprint density at radius 1 is 1.24 bits per heavy atom. The Balaban J connectivity index is 2.24. The van der Waals surface area contributed by atoms with E-state index in [0.717, 1.165) is 41.2 Å². The van der Waals surface area contributed by atoms with Crippen molar-refractivity contribution in [2.75, 3.05) is 6.54 Å². The van der Waals surface area contributed by atoms with Gasteiger partial charge in [-0.3, -0.25) is 0 Å². The second-order valence-corrected chi connectivity index (χ2v) is 6.81. The Morgan fingerprint density at radius 2 is 2.00 bits per heavy atom. The molecule has 0 fully saturated rings. The van der Waals surface area contributed by atoms with Crippen LogP contribution in [0.2, 0.25) is 0 Å². The number of benzene rings is 1. The number of nitrogens with zero attached hydrogens (tertiary/aromatic N) is 1. The highest BCUT2D eigenvalue weighted by molar-refractivity contribution is 7.11. The van der Waals surface area contributed by atoms with Gasteiger partial charge in [0.1, 0.15) is 5.82 Å². The molecule has 1 N–H and O–H groups in total. The number of hydrogen-bond acceptors (Lipinski definition) is 3. The van der Waals surface area contributed by atoms with E-state index >= 15 is 0 Å². The third-order valence-corrected chi connectivity index (χ3v) is 4.65. The van der Waals surface area contributed by atoms with E-state index in [1.807, 2.05) is 13.8 Å². The monoisotopic (exact) mass is 306 g/mol. The summed E-state index contributed by atoms with van der Waals surface area (Å²) >= 11 is 1.73. The van der Waals surface area contributed by atoms with Gasteiger partial charge in [0.15, 0.2) is 0 Å². The van der Waals surface area contributed by atoms with Crippen molar-refractivity contribution in [1.82, 2.24) is 10.3 Å². The molecule has 1 unspecified atom stereocenters. The average molecular weight is 306 g/mol. The van der Waals surface area contributed by atoms with Crippen molar-refractivity contribution in [3.63, 3.8) is 0 Å². The Labute approximate surface area is 130 Å². The lowest BCUT2D eigenvalue weighted by Gasteiger charge is -2.18. The molecule has 0 saturated carbocycles. The fourth-order valence-electron chi connectivity index (χ4n) is 2.39. The lowest BCUT2D eigenvalue weighted by molar-refractivity contribution is 0.522. The molecule has 1 aromatic carbocycles. The molecule has 2 nitrogen and oxygen atoms in total. The lowest BCUT2D eigenvalue weighted by Crippen LogP contribution is -2.24. The molecule has 0 saturated heterocycles. The summed E-state index contributed by atoms with van der Waals surface area (Å²) < 4.78 is 13.7. The van der Waals surface area contributed by atoms with Crippen molar-refractivity contribution >= 4 is 11.3 Å². The van der Waals surface area contributed by atoms with E-state index in [-0.39, 0.29) is 11.9 Å². The summed E-state index contributed by atoms with van der Waals surface area (Å²) in [6.07, 6.45) is 1.86. The van der Waals surface area contributed by atoms with Crippen LogP contribution in [0.5, 0.6) is 0 Å². The number of rotatable bonds is 6. The van der Waals surface area contributed by atoms with Crippen LogP contribution in [-0.4, -0.2) is 11.5 Å². The van der Waals surface area contributed by atoms with Gasteiger partial charge in [0.05, 0.1) is 10.7 Å². The SMILES string of the molecule is CCCNC(Cc1nc(C)c(C)s1)c1cc(C)cc(F)c1. The Kier molecular flexibility index (Phi) is 5.48. The Morgan fingerprint density at radius 3 is 2.57 bits per heavy atom. The molecule has 0 aliphatic heterocycles. The molecule has 0 spiro atoms. The van der Waals surface area contributed by atoms with Crippen molar-refractivity contribution in [2.45, 2.75) is 46.6 Å². The van der Waals surface area contributed by atoms with Crippen LogP contribution in [0.15, 0.2) is 18.2 Å². The predicted octanol–water partition coefficient (Wildman–Crippen LogP) is 4.49. The summed E-state index contributed by atoms with van der Waals surface area (Å²) in [6, 6.07) is 5.37.